The van der Waals surface area contributed by atoms with Crippen LogP contribution in [0.25, 0.3) is 0 Å². The van der Waals surface area contributed by atoms with Crippen LogP contribution < -0.4 is 0 Å². The van der Waals surface area contributed by atoms with Gasteiger partial charge in [-0.1, -0.05) is 37.8 Å². The molecule has 3 rings (SSSR count). The van der Waals surface area contributed by atoms with Gasteiger partial charge in [-0.25, -0.2) is 0 Å². The van der Waals surface area contributed by atoms with Crippen molar-refractivity contribution < 1.29 is 19.1 Å². The van der Waals surface area contributed by atoms with Gasteiger partial charge in [-0.2, -0.15) is 0 Å². The fourth-order valence-electron chi connectivity index (χ4n) is 4.82. The van der Waals surface area contributed by atoms with Crippen molar-refractivity contribution in [2.24, 2.45) is 0 Å². The largest absolute Gasteiger partial charge is 0.461 e. The zero-order chi connectivity index (χ0) is 17.3. The molecule has 2 bridgehead atoms. The average Bonchev–Trinajstić information content (AvgIpc) is 2.74. The first kappa shape index (κ1) is 19.9. The molecule has 2 aliphatic heterocycles. The lowest BCUT2D eigenvalue weighted by Crippen LogP contribution is -2.62. The van der Waals surface area contributed by atoms with Crippen LogP contribution in [0.1, 0.15) is 58.4 Å². The van der Waals surface area contributed by atoms with Crippen LogP contribution in [0.15, 0.2) is 30.3 Å². The predicted molar refractivity (Wildman–Crippen MR) is 100 cm³/mol. The topological polar surface area (TPSA) is 46.5 Å². The summed E-state index contributed by atoms with van der Waals surface area (Å²) >= 11 is 0. The Kier molecular flexibility index (Phi) is 6.28. The lowest BCUT2D eigenvalue weighted by Gasteiger charge is -2.49. The van der Waals surface area contributed by atoms with Crippen molar-refractivity contribution in [1.29, 1.82) is 0 Å². The Hall–Kier alpha value is -1.39. The summed E-state index contributed by atoms with van der Waals surface area (Å²) in [7, 11) is 2.37. The molecular formula is C21H34NO3+. The molecule has 0 saturated carbocycles. The maximum Gasteiger partial charge on any atom is 0.316 e. The maximum atomic E-state index is 12.6. The highest BCUT2D eigenvalue weighted by Crippen LogP contribution is 2.44. The molecule has 0 aliphatic carbocycles. The minimum Gasteiger partial charge on any atom is -0.461 e. The molecule has 4 nitrogen and oxygen atoms in total. The molecule has 2 fully saturated rings. The first-order valence-corrected chi connectivity index (χ1v) is 9.18. The summed E-state index contributed by atoms with van der Waals surface area (Å²) in [5, 5.41) is 9.65. The highest BCUT2D eigenvalue weighted by Gasteiger charge is 2.53. The molecule has 0 spiro atoms. The van der Waals surface area contributed by atoms with Gasteiger partial charge in [0.2, 0.25) is 0 Å². The maximum absolute atomic E-state index is 12.6. The molecule has 4 unspecified atom stereocenters. The second-order valence-electron chi connectivity index (χ2n) is 7.88. The summed E-state index contributed by atoms with van der Waals surface area (Å²) in [6.45, 7) is 4.39. The summed E-state index contributed by atoms with van der Waals surface area (Å²) in [5.41, 5.74) is 0.826. The van der Waals surface area contributed by atoms with E-state index in [0.29, 0.717) is 18.1 Å². The van der Waals surface area contributed by atoms with Crippen molar-refractivity contribution in [1.82, 2.24) is 0 Å². The van der Waals surface area contributed by atoms with Gasteiger partial charge in [0.1, 0.15) is 12.0 Å². The first-order valence-electron chi connectivity index (χ1n) is 9.18. The molecular weight excluding hydrogens is 314 g/mol. The lowest BCUT2D eigenvalue weighted by atomic mass is 9.94. The minimum atomic E-state index is -0.572. The number of carbonyl (C=O) groups excluding carboxylic acids is 1. The molecule has 4 heteroatoms. The summed E-state index contributed by atoms with van der Waals surface area (Å²) in [4.78, 5) is 12.6. The Labute approximate surface area is 152 Å². The second kappa shape index (κ2) is 7.88. The molecule has 25 heavy (non-hydrogen) atoms. The van der Waals surface area contributed by atoms with Gasteiger partial charge in [-0.05, 0) is 19.4 Å². The van der Waals surface area contributed by atoms with Crippen LogP contribution in [-0.4, -0.2) is 53.4 Å². The Morgan fingerprint density at radius 1 is 1.20 bits per heavy atom. The SMILES string of the molecule is C.CC(C)[N+]1(C)C2CC[C@@H]1CC(OC(=O)C(CO)c1ccccc1)C2. The molecule has 1 aromatic rings. The van der Waals surface area contributed by atoms with Crippen LogP contribution in [0, 0.1) is 0 Å². The number of quaternary nitrogens is 1. The molecule has 1 aromatic carbocycles. The predicted octanol–water partition coefficient (Wildman–Crippen LogP) is 3.49. The zero-order valence-electron chi connectivity index (χ0n) is 15.0. The van der Waals surface area contributed by atoms with Crippen LogP contribution >= 0.6 is 0 Å². The number of esters is 1. The lowest BCUT2D eigenvalue weighted by molar-refractivity contribution is -0.968. The molecule has 1 N–H and O–H groups in total. The summed E-state index contributed by atoms with van der Waals surface area (Å²) < 4.78 is 6.96. The van der Waals surface area contributed by atoms with E-state index in [1.54, 1.807) is 0 Å². The van der Waals surface area contributed by atoms with Crippen LogP contribution in [0.2, 0.25) is 0 Å². The number of aliphatic hydroxyl groups is 1. The van der Waals surface area contributed by atoms with E-state index in [1.165, 1.54) is 12.8 Å². The monoisotopic (exact) mass is 348 g/mol. The fraction of sp³-hybridized carbons (Fsp3) is 0.667. The molecule has 0 amide bonds. The van der Waals surface area contributed by atoms with E-state index in [2.05, 4.69) is 20.9 Å². The molecule has 0 aromatic heterocycles. The zero-order valence-corrected chi connectivity index (χ0v) is 15.0. The highest BCUT2D eigenvalue weighted by molar-refractivity contribution is 5.78. The van der Waals surface area contributed by atoms with Gasteiger partial charge < -0.3 is 14.3 Å². The van der Waals surface area contributed by atoms with Crippen LogP contribution in [0.4, 0.5) is 0 Å². The average molecular weight is 349 g/mol. The molecule has 5 atom stereocenters. The van der Waals surface area contributed by atoms with Gasteiger partial charge in [-0.3, -0.25) is 4.79 Å². The van der Waals surface area contributed by atoms with E-state index in [9.17, 15) is 9.90 Å². The third-order valence-corrected chi connectivity index (χ3v) is 6.54. The van der Waals surface area contributed by atoms with Crippen LogP contribution in [0.3, 0.4) is 0 Å². The van der Waals surface area contributed by atoms with E-state index in [0.717, 1.165) is 22.9 Å². The van der Waals surface area contributed by atoms with E-state index in [4.69, 9.17) is 4.74 Å². The molecule has 0 radical (unpaired) electrons. The number of carbonyl (C=O) groups is 1. The number of rotatable bonds is 5. The number of aliphatic hydroxyl groups excluding tert-OH is 1. The second-order valence-corrected chi connectivity index (χ2v) is 7.88. The smallest absolute Gasteiger partial charge is 0.316 e. The Morgan fingerprint density at radius 2 is 1.76 bits per heavy atom. The minimum absolute atomic E-state index is 0. The summed E-state index contributed by atoms with van der Waals surface area (Å²) in [6, 6.07) is 11.2. The number of benzene rings is 1. The number of hydrogen-bond acceptors (Lipinski definition) is 3. The summed E-state index contributed by atoms with van der Waals surface area (Å²) in [6.07, 6.45) is 4.36. The highest BCUT2D eigenvalue weighted by atomic mass is 16.5. The normalized spacial score (nSPS) is 32.1. The van der Waals surface area contributed by atoms with Crippen LogP contribution in [0.5, 0.6) is 0 Å². The van der Waals surface area contributed by atoms with E-state index in [1.807, 2.05) is 30.3 Å². The van der Waals surface area contributed by atoms with Crippen LogP contribution in [-0.2, 0) is 9.53 Å². The molecule has 2 aliphatic rings. The van der Waals surface area contributed by atoms with E-state index in [-0.39, 0.29) is 26.1 Å². The van der Waals surface area contributed by atoms with E-state index >= 15 is 0 Å². The van der Waals surface area contributed by atoms with Gasteiger partial charge in [0.25, 0.3) is 0 Å². The van der Waals surface area contributed by atoms with Gasteiger partial charge in [0, 0.05) is 25.7 Å². The van der Waals surface area contributed by atoms with Gasteiger partial charge in [0.15, 0.2) is 0 Å². The van der Waals surface area contributed by atoms with Crippen molar-refractivity contribution >= 4 is 5.97 Å². The number of hydrogen-bond donors (Lipinski definition) is 1. The number of fused-ring (bicyclic) bond motifs is 2. The first-order chi connectivity index (χ1) is 11.5. The molecule has 140 valence electrons. The van der Waals surface area contributed by atoms with Crippen molar-refractivity contribution in [3.05, 3.63) is 35.9 Å². The number of ether oxygens (including phenoxy) is 1. The Bertz CT molecular complexity index is 558. The number of piperidine rings is 1. The summed E-state index contributed by atoms with van der Waals surface area (Å²) in [5.74, 6) is -0.856. The van der Waals surface area contributed by atoms with Gasteiger partial charge >= 0.3 is 5.97 Å². The fourth-order valence-corrected chi connectivity index (χ4v) is 4.82. The van der Waals surface area contributed by atoms with Crippen molar-refractivity contribution in [3.63, 3.8) is 0 Å². The van der Waals surface area contributed by atoms with E-state index < -0.39 is 5.92 Å². The van der Waals surface area contributed by atoms with Crippen molar-refractivity contribution in [3.8, 4) is 0 Å². The molecule has 2 saturated heterocycles. The van der Waals surface area contributed by atoms with Crippen molar-refractivity contribution in [2.45, 2.75) is 77.1 Å². The Balaban J connectivity index is 0.00000225. The van der Waals surface area contributed by atoms with Gasteiger partial charge in [0.05, 0.1) is 31.8 Å². The standard InChI is InChI=1S/C20H30NO3.CH4/c1-14(2)21(3)16-9-10-17(21)12-18(11-16)24-20(23)19(13-22)15-7-5-4-6-8-15;/h4-8,14,16-19,22H,9-13H2,1-3H3;1H4/q+1;/t16-,17?,18?,19?,21?;/m1./s1. The van der Waals surface area contributed by atoms with Gasteiger partial charge in [-0.15, -0.1) is 0 Å². The quantitative estimate of drug-likeness (QED) is 0.654. The number of nitrogens with zero attached hydrogens (tertiary/aromatic N) is 1. The third kappa shape index (κ3) is 3.61. The molecule has 2 heterocycles. The third-order valence-electron chi connectivity index (χ3n) is 6.54. The Morgan fingerprint density at radius 3 is 2.24 bits per heavy atom. The van der Waals surface area contributed by atoms with Crippen molar-refractivity contribution in [2.75, 3.05) is 13.7 Å².